The zero-order valence-electron chi connectivity index (χ0n) is 10.8. The minimum absolute atomic E-state index is 0.419. The molecule has 116 valence electrons. The molecule has 0 bridgehead atoms. The number of carboxylic acids is 1. The number of hydrogen-bond donors (Lipinski definition) is 1. The molecule has 0 aliphatic heterocycles. The summed E-state index contributed by atoms with van der Waals surface area (Å²) < 4.78 is 66.1. The maximum atomic E-state index is 13.2. The van der Waals surface area contributed by atoms with Gasteiger partial charge in [-0.2, -0.15) is 13.2 Å². The van der Waals surface area contributed by atoms with Crippen molar-refractivity contribution in [3.8, 4) is 11.3 Å². The highest BCUT2D eigenvalue weighted by Gasteiger charge is 2.37. The predicted octanol–water partition coefficient (Wildman–Crippen LogP) is 3.67. The van der Waals surface area contributed by atoms with Gasteiger partial charge in [-0.25, -0.2) is 8.78 Å². The van der Waals surface area contributed by atoms with Crippen LogP contribution in [-0.4, -0.2) is 16.1 Å². The summed E-state index contributed by atoms with van der Waals surface area (Å²) in [4.78, 5) is 14.2. The summed E-state index contributed by atoms with van der Waals surface area (Å²) in [5.41, 5.74) is -2.99. The molecule has 8 heteroatoms. The Balaban J connectivity index is 2.72. The van der Waals surface area contributed by atoms with Crippen LogP contribution in [0.15, 0.2) is 30.5 Å². The largest absolute Gasteiger partial charge is 0.481 e. The van der Waals surface area contributed by atoms with E-state index in [9.17, 15) is 26.7 Å². The van der Waals surface area contributed by atoms with Crippen molar-refractivity contribution in [3.63, 3.8) is 0 Å². The van der Waals surface area contributed by atoms with Gasteiger partial charge in [0.15, 0.2) is 0 Å². The summed E-state index contributed by atoms with van der Waals surface area (Å²) in [5.74, 6) is -3.59. The number of pyridine rings is 1. The van der Waals surface area contributed by atoms with Crippen molar-refractivity contribution in [2.75, 3.05) is 0 Å². The number of aliphatic carboxylic acids is 1. The first kappa shape index (κ1) is 15.9. The fourth-order valence-corrected chi connectivity index (χ4v) is 2.04. The lowest BCUT2D eigenvalue weighted by atomic mass is 9.98. The van der Waals surface area contributed by atoms with E-state index in [1.54, 1.807) is 0 Å². The van der Waals surface area contributed by atoms with Gasteiger partial charge in [0.05, 0.1) is 17.7 Å². The van der Waals surface area contributed by atoms with E-state index in [0.717, 1.165) is 12.3 Å². The standard InChI is InChI=1S/C14H8F5NO2/c15-9-3-8(4-10(16)6-9)13-12(14(17,18)19)7(1-2-20-13)5-11(21)22/h1-4,6H,5H2,(H,21,22). The minimum atomic E-state index is -4.92. The molecule has 1 heterocycles. The van der Waals surface area contributed by atoms with Crippen LogP contribution in [0.3, 0.4) is 0 Å². The summed E-state index contributed by atoms with van der Waals surface area (Å²) in [5, 5.41) is 8.70. The summed E-state index contributed by atoms with van der Waals surface area (Å²) in [6.45, 7) is 0. The van der Waals surface area contributed by atoms with E-state index >= 15 is 0 Å². The molecule has 2 rings (SSSR count). The first-order chi connectivity index (χ1) is 10.2. The molecule has 3 nitrogen and oxygen atoms in total. The van der Waals surface area contributed by atoms with Crippen LogP contribution in [0.1, 0.15) is 11.1 Å². The molecule has 0 amide bonds. The summed E-state index contributed by atoms with van der Waals surface area (Å²) in [7, 11) is 0. The number of halogens is 5. The number of alkyl halides is 3. The average Bonchev–Trinajstić information content (AvgIpc) is 2.35. The third kappa shape index (κ3) is 3.38. The highest BCUT2D eigenvalue weighted by Crippen LogP contribution is 2.38. The molecule has 0 saturated heterocycles. The molecule has 0 atom stereocenters. The monoisotopic (exact) mass is 317 g/mol. The van der Waals surface area contributed by atoms with E-state index in [4.69, 9.17) is 5.11 Å². The molecule has 1 aromatic heterocycles. The van der Waals surface area contributed by atoms with Gasteiger partial charge in [0.2, 0.25) is 0 Å². The maximum absolute atomic E-state index is 13.2. The van der Waals surface area contributed by atoms with Crippen LogP contribution in [0.25, 0.3) is 11.3 Å². The maximum Gasteiger partial charge on any atom is 0.418 e. The molecule has 0 aliphatic rings. The van der Waals surface area contributed by atoms with Crippen molar-refractivity contribution in [3.05, 3.63) is 53.2 Å². The Labute approximate surface area is 121 Å². The van der Waals surface area contributed by atoms with Crippen LogP contribution in [0, 0.1) is 11.6 Å². The quantitative estimate of drug-likeness (QED) is 0.879. The van der Waals surface area contributed by atoms with Gasteiger partial charge in [0.25, 0.3) is 0 Å². The van der Waals surface area contributed by atoms with Crippen molar-refractivity contribution in [1.29, 1.82) is 0 Å². The third-order valence-corrected chi connectivity index (χ3v) is 2.80. The number of carbonyl (C=O) groups is 1. The number of rotatable bonds is 3. The van der Waals surface area contributed by atoms with Gasteiger partial charge in [-0.15, -0.1) is 0 Å². The van der Waals surface area contributed by atoms with Crippen molar-refractivity contribution in [2.45, 2.75) is 12.6 Å². The van der Waals surface area contributed by atoms with Crippen molar-refractivity contribution >= 4 is 5.97 Å². The van der Waals surface area contributed by atoms with Gasteiger partial charge < -0.3 is 5.11 Å². The van der Waals surface area contributed by atoms with Crippen LogP contribution in [0.5, 0.6) is 0 Å². The van der Waals surface area contributed by atoms with Crippen molar-refractivity contribution < 1.29 is 31.9 Å². The second-order valence-corrected chi connectivity index (χ2v) is 4.42. The summed E-state index contributed by atoms with van der Waals surface area (Å²) in [6.07, 6.45) is -4.84. The molecule has 2 aromatic rings. The Morgan fingerprint density at radius 2 is 1.73 bits per heavy atom. The number of benzene rings is 1. The Morgan fingerprint density at radius 3 is 2.23 bits per heavy atom. The third-order valence-electron chi connectivity index (χ3n) is 2.80. The molecule has 0 fully saturated rings. The first-order valence-electron chi connectivity index (χ1n) is 5.92. The van der Waals surface area contributed by atoms with Gasteiger partial charge in [0, 0.05) is 17.8 Å². The Bertz CT molecular complexity index is 707. The Morgan fingerprint density at radius 1 is 1.14 bits per heavy atom. The van der Waals surface area contributed by atoms with E-state index in [-0.39, 0.29) is 0 Å². The van der Waals surface area contributed by atoms with Gasteiger partial charge in [-0.3, -0.25) is 9.78 Å². The normalized spacial score (nSPS) is 11.5. The number of hydrogen-bond acceptors (Lipinski definition) is 2. The SMILES string of the molecule is O=C(O)Cc1ccnc(-c2cc(F)cc(F)c2)c1C(F)(F)F. The molecule has 0 unspecified atom stereocenters. The van der Waals surface area contributed by atoms with Gasteiger partial charge >= 0.3 is 12.1 Å². The molecule has 0 radical (unpaired) electrons. The molecule has 0 aliphatic carbocycles. The van der Waals surface area contributed by atoms with E-state index < -0.39 is 52.6 Å². The van der Waals surface area contributed by atoms with Crippen LogP contribution < -0.4 is 0 Å². The van der Waals surface area contributed by atoms with Crippen molar-refractivity contribution in [2.24, 2.45) is 0 Å². The number of nitrogens with zero attached hydrogens (tertiary/aromatic N) is 1. The zero-order chi connectivity index (χ0) is 16.5. The lowest BCUT2D eigenvalue weighted by Crippen LogP contribution is -2.15. The van der Waals surface area contributed by atoms with Gasteiger partial charge in [-0.05, 0) is 23.8 Å². The van der Waals surface area contributed by atoms with E-state index in [1.165, 1.54) is 0 Å². The smallest absolute Gasteiger partial charge is 0.418 e. The fourth-order valence-electron chi connectivity index (χ4n) is 2.04. The molecule has 1 aromatic carbocycles. The van der Waals surface area contributed by atoms with Crippen molar-refractivity contribution in [1.82, 2.24) is 4.98 Å². The number of carboxylic acid groups (broad SMARTS) is 1. The molecular weight excluding hydrogens is 309 g/mol. The fraction of sp³-hybridized carbons (Fsp3) is 0.143. The van der Waals surface area contributed by atoms with Gasteiger partial charge in [-0.1, -0.05) is 0 Å². The summed E-state index contributed by atoms with van der Waals surface area (Å²) in [6, 6.07) is 2.82. The minimum Gasteiger partial charge on any atom is -0.481 e. The lowest BCUT2D eigenvalue weighted by molar-refractivity contribution is -0.139. The van der Waals surface area contributed by atoms with Crippen LogP contribution in [0.2, 0.25) is 0 Å². The molecule has 0 spiro atoms. The topological polar surface area (TPSA) is 50.2 Å². The van der Waals surface area contributed by atoms with E-state index in [1.807, 2.05) is 0 Å². The van der Waals surface area contributed by atoms with Crippen LogP contribution >= 0.6 is 0 Å². The van der Waals surface area contributed by atoms with E-state index in [0.29, 0.717) is 18.2 Å². The first-order valence-corrected chi connectivity index (χ1v) is 5.92. The Kier molecular flexibility index (Phi) is 4.11. The Hall–Kier alpha value is -2.51. The summed E-state index contributed by atoms with van der Waals surface area (Å²) >= 11 is 0. The molecular formula is C14H8F5NO2. The highest BCUT2D eigenvalue weighted by atomic mass is 19.4. The second kappa shape index (κ2) is 5.70. The number of aromatic nitrogens is 1. The highest BCUT2D eigenvalue weighted by molar-refractivity contribution is 5.73. The predicted molar refractivity (Wildman–Crippen MR) is 65.9 cm³/mol. The zero-order valence-corrected chi connectivity index (χ0v) is 10.8. The molecule has 1 N–H and O–H groups in total. The van der Waals surface area contributed by atoms with Crippen LogP contribution in [0.4, 0.5) is 22.0 Å². The van der Waals surface area contributed by atoms with E-state index in [2.05, 4.69) is 4.98 Å². The average molecular weight is 317 g/mol. The molecule has 0 saturated carbocycles. The lowest BCUT2D eigenvalue weighted by Gasteiger charge is -2.16. The second-order valence-electron chi connectivity index (χ2n) is 4.42. The van der Waals surface area contributed by atoms with Gasteiger partial charge in [0.1, 0.15) is 11.6 Å². The van der Waals surface area contributed by atoms with Crippen LogP contribution in [-0.2, 0) is 17.4 Å². The molecule has 22 heavy (non-hydrogen) atoms.